The quantitative estimate of drug-likeness (QED) is 0.475. The maximum Gasteiger partial charge on any atom is 0.113 e. The summed E-state index contributed by atoms with van der Waals surface area (Å²) in [6.45, 7) is 5.31. The molecule has 0 fully saturated rings. The molecule has 0 amide bonds. The molecule has 0 bridgehead atoms. The lowest BCUT2D eigenvalue weighted by Gasteiger charge is -2.20. The number of aromatic nitrogens is 5. The van der Waals surface area contributed by atoms with Crippen molar-refractivity contribution in [2.75, 3.05) is 0 Å². The minimum absolute atomic E-state index is 0.0163. The van der Waals surface area contributed by atoms with Crippen LogP contribution in [0.5, 0.6) is 0 Å². The minimum Gasteiger partial charge on any atom is -0.326 e. The highest BCUT2D eigenvalue weighted by Gasteiger charge is 2.18. The van der Waals surface area contributed by atoms with Crippen molar-refractivity contribution >= 4 is 22.6 Å². The number of benzene rings is 2. The summed E-state index contributed by atoms with van der Waals surface area (Å²) < 4.78 is 4.11. The van der Waals surface area contributed by atoms with E-state index in [-0.39, 0.29) is 6.04 Å². The molecule has 2 aromatic heterocycles. The van der Waals surface area contributed by atoms with E-state index in [9.17, 15) is 0 Å². The Bertz CT molecular complexity index is 1020. The van der Waals surface area contributed by atoms with E-state index in [1.54, 1.807) is 6.20 Å². The van der Waals surface area contributed by atoms with E-state index >= 15 is 0 Å². The highest BCUT2D eigenvalue weighted by molar-refractivity contribution is 6.30. The van der Waals surface area contributed by atoms with Gasteiger partial charge in [-0.1, -0.05) is 48.9 Å². The van der Waals surface area contributed by atoms with Crippen molar-refractivity contribution in [2.45, 2.75) is 32.9 Å². The van der Waals surface area contributed by atoms with Crippen LogP contribution in [0.3, 0.4) is 0 Å². The van der Waals surface area contributed by atoms with Crippen molar-refractivity contribution in [3.63, 3.8) is 0 Å². The Morgan fingerprint density at radius 3 is 2.52 bits per heavy atom. The molecule has 0 aliphatic rings. The van der Waals surface area contributed by atoms with Crippen LogP contribution in [0.15, 0.2) is 61.2 Å². The average Bonchev–Trinajstić information content (AvgIpc) is 3.32. The Kier molecular flexibility index (Phi) is 4.94. The first-order valence-corrected chi connectivity index (χ1v) is 9.55. The summed E-state index contributed by atoms with van der Waals surface area (Å²) in [5.74, 6) is 0.625. The van der Waals surface area contributed by atoms with Crippen LogP contribution in [0.4, 0.5) is 0 Å². The van der Waals surface area contributed by atoms with Gasteiger partial charge < -0.3 is 4.57 Å². The van der Waals surface area contributed by atoms with Gasteiger partial charge in [-0.2, -0.15) is 0 Å². The first-order valence-electron chi connectivity index (χ1n) is 9.18. The summed E-state index contributed by atoms with van der Waals surface area (Å²) in [7, 11) is 0. The number of halogens is 1. The summed E-state index contributed by atoms with van der Waals surface area (Å²) in [4.78, 5) is 4.24. The highest BCUT2D eigenvalue weighted by atomic mass is 35.5. The van der Waals surface area contributed by atoms with E-state index in [4.69, 9.17) is 11.6 Å². The van der Waals surface area contributed by atoms with Gasteiger partial charge in [0.1, 0.15) is 5.52 Å². The predicted octanol–water partition coefficient (Wildman–Crippen LogP) is 4.97. The molecule has 4 rings (SSSR count). The fraction of sp³-hybridized carbons (Fsp3) is 0.286. The zero-order chi connectivity index (χ0) is 18.8. The molecule has 0 saturated heterocycles. The SMILES string of the molecule is CC(C)CCn1nnc2ccc(C(c3ccc(Cl)cc3)n3ccnc3)cc21. The molecule has 6 heteroatoms. The van der Waals surface area contributed by atoms with Gasteiger partial charge in [-0.15, -0.1) is 5.10 Å². The number of fused-ring (bicyclic) bond motifs is 1. The van der Waals surface area contributed by atoms with Gasteiger partial charge in [0.25, 0.3) is 0 Å². The molecular weight excluding hydrogens is 358 g/mol. The zero-order valence-electron chi connectivity index (χ0n) is 15.5. The van der Waals surface area contributed by atoms with E-state index in [1.807, 2.05) is 35.4 Å². The Morgan fingerprint density at radius 1 is 1.04 bits per heavy atom. The summed E-state index contributed by atoms with van der Waals surface area (Å²) in [5.41, 5.74) is 4.30. The van der Waals surface area contributed by atoms with Crippen molar-refractivity contribution in [2.24, 2.45) is 5.92 Å². The van der Waals surface area contributed by atoms with Crippen LogP contribution in [-0.4, -0.2) is 24.5 Å². The molecule has 0 aliphatic heterocycles. The Balaban J connectivity index is 1.78. The lowest BCUT2D eigenvalue weighted by Crippen LogP contribution is -2.11. The second-order valence-corrected chi connectivity index (χ2v) is 7.64. The smallest absolute Gasteiger partial charge is 0.113 e. The van der Waals surface area contributed by atoms with Gasteiger partial charge in [-0.05, 0) is 47.7 Å². The molecule has 0 radical (unpaired) electrons. The predicted molar refractivity (Wildman–Crippen MR) is 108 cm³/mol. The normalized spacial score (nSPS) is 12.7. The number of aryl methyl sites for hydroxylation is 1. The minimum atomic E-state index is 0.0163. The first kappa shape index (κ1) is 17.7. The van der Waals surface area contributed by atoms with Crippen LogP contribution in [-0.2, 0) is 6.54 Å². The number of rotatable bonds is 6. The van der Waals surface area contributed by atoms with Gasteiger partial charge in [0.2, 0.25) is 0 Å². The molecule has 2 aromatic carbocycles. The molecule has 0 aliphatic carbocycles. The standard InChI is InChI=1S/C21H22ClN5/c1-15(2)9-11-27-20-13-17(5-8-19(20)24-25-27)21(26-12-10-23-14-26)16-3-6-18(22)7-4-16/h3-8,10,12-15,21H,9,11H2,1-2H3. The van der Waals surface area contributed by atoms with Gasteiger partial charge in [0, 0.05) is 24.0 Å². The molecular formula is C21H22ClN5. The van der Waals surface area contributed by atoms with Gasteiger partial charge >= 0.3 is 0 Å². The Morgan fingerprint density at radius 2 is 1.81 bits per heavy atom. The summed E-state index contributed by atoms with van der Waals surface area (Å²) in [6.07, 6.45) is 6.70. The third kappa shape index (κ3) is 3.74. The third-order valence-electron chi connectivity index (χ3n) is 4.78. The third-order valence-corrected chi connectivity index (χ3v) is 5.03. The summed E-state index contributed by atoms with van der Waals surface area (Å²) in [6, 6.07) is 14.3. The van der Waals surface area contributed by atoms with Gasteiger partial charge in [0.05, 0.1) is 17.9 Å². The average molecular weight is 380 g/mol. The van der Waals surface area contributed by atoms with Crippen LogP contribution in [0.25, 0.3) is 11.0 Å². The number of imidazole rings is 1. The number of hydrogen-bond acceptors (Lipinski definition) is 3. The van der Waals surface area contributed by atoms with Gasteiger partial charge in [-0.25, -0.2) is 9.67 Å². The van der Waals surface area contributed by atoms with Crippen molar-refractivity contribution < 1.29 is 0 Å². The fourth-order valence-electron chi connectivity index (χ4n) is 3.30. The molecule has 5 nitrogen and oxygen atoms in total. The molecule has 1 atom stereocenters. The molecule has 0 N–H and O–H groups in total. The lowest BCUT2D eigenvalue weighted by atomic mass is 9.98. The summed E-state index contributed by atoms with van der Waals surface area (Å²) in [5, 5.41) is 9.40. The molecule has 27 heavy (non-hydrogen) atoms. The van der Waals surface area contributed by atoms with Crippen molar-refractivity contribution in [3.8, 4) is 0 Å². The van der Waals surface area contributed by atoms with E-state index in [1.165, 1.54) is 0 Å². The van der Waals surface area contributed by atoms with E-state index in [0.29, 0.717) is 5.92 Å². The second-order valence-electron chi connectivity index (χ2n) is 7.21. The topological polar surface area (TPSA) is 48.5 Å². The van der Waals surface area contributed by atoms with Gasteiger partial charge in [0.15, 0.2) is 0 Å². The molecule has 0 spiro atoms. The molecule has 138 valence electrons. The molecule has 2 heterocycles. The van der Waals surface area contributed by atoms with E-state index in [0.717, 1.165) is 40.1 Å². The van der Waals surface area contributed by atoms with Crippen LogP contribution < -0.4 is 0 Å². The molecule has 0 saturated carbocycles. The molecule has 1 unspecified atom stereocenters. The van der Waals surface area contributed by atoms with Crippen LogP contribution >= 0.6 is 11.6 Å². The van der Waals surface area contributed by atoms with E-state index < -0.39 is 0 Å². The van der Waals surface area contributed by atoms with Gasteiger partial charge in [-0.3, -0.25) is 0 Å². The largest absolute Gasteiger partial charge is 0.326 e. The Labute approximate surface area is 163 Å². The Hall–Kier alpha value is -2.66. The van der Waals surface area contributed by atoms with Crippen LogP contribution in [0.2, 0.25) is 5.02 Å². The summed E-state index contributed by atoms with van der Waals surface area (Å²) >= 11 is 6.09. The van der Waals surface area contributed by atoms with E-state index in [2.05, 4.69) is 58.0 Å². The zero-order valence-corrected chi connectivity index (χ0v) is 16.2. The maximum absolute atomic E-state index is 6.09. The second kappa shape index (κ2) is 7.53. The highest BCUT2D eigenvalue weighted by Crippen LogP contribution is 2.29. The van der Waals surface area contributed by atoms with Crippen LogP contribution in [0.1, 0.15) is 37.4 Å². The monoisotopic (exact) mass is 379 g/mol. The molecule has 4 aromatic rings. The number of hydrogen-bond donors (Lipinski definition) is 0. The number of nitrogens with zero attached hydrogens (tertiary/aromatic N) is 5. The van der Waals surface area contributed by atoms with Crippen molar-refractivity contribution in [1.29, 1.82) is 0 Å². The maximum atomic E-state index is 6.09. The fourth-order valence-corrected chi connectivity index (χ4v) is 3.43. The lowest BCUT2D eigenvalue weighted by molar-refractivity contribution is 0.487. The van der Waals surface area contributed by atoms with Crippen molar-refractivity contribution in [1.82, 2.24) is 24.5 Å². The van der Waals surface area contributed by atoms with Crippen molar-refractivity contribution in [3.05, 3.63) is 77.3 Å². The first-order chi connectivity index (χ1) is 13.1. The van der Waals surface area contributed by atoms with Crippen LogP contribution in [0, 0.1) is 5.92 Å².